The minimum absolute atomic E-state index is 0.240. The number of nitrogens with one attached hydrogen (secondary N) is 1. The van der Waals surface area contributed by atoms with Gasteiger partial charge in [0, 0.05) is 12.6 Å². The lowest BCUT2D eigenvalue weighted by molar-refractivity contribution is -0.135. The monoisotopic (exact) mass is 301 g/mol. The van der Waals surface area contributed by atoms with Crippen molar-refractivity contribution in [2.45, 2.75) is 25.9 Å². The van der Waals surface area contributed by atoms with Crippen LogP contribution in [-0.4, -0.2) is 22.2 Å². The molecule has 1 unspecified atom stereocenters. The fraction of sp³-hybridized carbons (Fsp3) is 0.267. The van der Waals surface area contributed by atoms with Crippen LogP contribution in [0.15, 0.2) is 41.0 Å². The van der Waals surface area contributed by atoms with E-state index in [0.717, 1.165) is 16.2 Å². The summed E-state index contributed by atoms with van der Waals surface area (Å²) in [4.78, 5) is 23.0. The second-order valence-electron chi connectivity index (χ2n) is 5.19. The summed E-state index contributed by atoms with van der Waals surface area (Å²) in [6, 6.07) is 7.62. The third-order valence-electron chi connectivity index (χ3n) is 3.31. The molecule has 3 rings (SSSR count). The van der Waals surface area contributed by atoms with E-state index in [1.54, 1.807) is 24.5 Å². The fourth-order valence-corrected chi connectivity index (χ4v) is 2.80. The van der Waals surface area contributed by atoms with E-state index in [1.165, 1.54) is 0 Å². The Morgan fingerprint density at radius 3 is 3.05 bits per heavy atom. The number of aromatic nitrogens is 1. The normalized spacial score (nSPS) is 20.8. The molecule has 0 spiro atoms. The Bertz CT molecular complexity index is 697. The van der Waals surface area contributed by atoms with Crippen molar-refractivity contribution in [2.24, 2.45) is 5.16 Å². The van der Waals surface area contributed by atoms with Gasteiger partial charge < -0.3 is 10.2 Å². The van der Waals surface area contributed by atoms with Gasteiger partial charge in [0.15, 0.2) is 0 Å². The first kappa shape index (κ1) is 13.8. The van der Waals surface area contributed by atoms with Gasteiger partial charge >= 0.3 is 0 Å². The molecule has 2 aromatic rings. The number of carbonyl (C=O) groups is 1. The van der Waals surface area contributed by atoms with Crippen molar-refractivity contribution in [1.82, 2.24) is 4.98 Å². The number of hydrogen-bond donors (Lipinski definition) is 1. The predicted molar refractivity (Wildman–Crippen MR) is 82.6 cm³/mol. The number of thiophene rings is 1. The molecule has 1 amide bonds. The van der Waals surface area contributed by atoms with Gasteiger partial charge in [0.25, 0.3) is 5.91 Å². The summed E-state index contributed by atoms with van der Waals surface area (Å²) in [6.45, 7) is 3.69. The molecule has 0 saturated carbocycles. The first-order chi connectivity index (χ1) is 10.1. The van der Waals surface area contributed by atoms with E-state index in [-0.39, 0.29) is 5.91 Å². The second kappa shape index (κ2) is 5.29. The maximum atomic E-state index is 12.4. The average molecular weight is 301 g/mol. The fourth-order valence-electron chi connectivity index (χ4n) is 2.09. The van der Waals surface area contributed by atoms with Gasteiger partial charge in [0.2, 0.25) is 5.60 Å². The van der Waals surface area contributed by atoms with Crippen LogP contribution in [0.4, 0.5) is 5.82 Å². The van der Waals surface area contributed by atoms with E-state index in [2.05, 4.69) is 15.5 Å². The van der Waals surface area contributed by atoms with Gasteiger partial charge in [0.1, 0.15) is 11.5 Å². The topological polar surface area (TPSA) is 63.6 Å². The quantitative estimate of drug-likeness (QED) is 0.948. The van der Waals surface area contributed by atoms with E-state index in [9.17, 15) is 4.79 Å². The number of nitrogens with zero attached hydrogens (tertiary/aromatic N) is 2. The van der Waals surface area contributed by atoms with Crippen LogP contribution in [0, 0.1) is 6.92 Å². The van der Waals surface area contributed by atoms with Crippen LogP contribution >= 0.6 is 11.3 Å². The molecule has 5 nitrogen and oxygen atoms in total. The third kappa shape index (κ3) is 2.80. The first-order valence-corrected chi connectivity index (χ1v) is 7.48. The van der Waals surface area contributed by atoms with Gasteiger partial charge in [-0.05, 0) is 43.0 Å². The Balaban J connectivity index is 1.71. The summed E-state index contributed by atoms with van der Waals surface area (Å²) in [7, 11) is 0. The predicted octanol–water partition coefficient (Wildman–Crippen LogP) is 2.97. The van der Waals surface area contributed by atoms with Crippen molar-refractivity contribution >= 4 is 28.8 Å². The van der Waals surface area contributed by atoms with Gasteiger partial charge in [-0.2, -0.15) is 0 Å². The van der Waals surface area contributed by atoms with Crippen LogP contribution in [0.2, 0.25) is 0 Å². The molecule has 0 aliphatic carbocycles. The summed E-state index contributed by atoms with van der Waals surface area (Å²) in [5.74, 6) is 0.283. The molecule has 1 atom stereocenters. The molecule has 21 heavy (non-hydrogen) atoms. The maximum absolute atomic E-state index is 12.4. The van der Waals surface area contributed by atoms with Gasteiger partial charge in [-0.15, -0.1) is 11.3 Å². The average Bonchev–Trinajstić information content (AvgIpc) is 3.08. The van der Waals surface area contributed by atoms with Crippen LogP contribution < -0.4 is 5.32 Å². The maximum Gasteiger partial charge on any atom is 0.272 e. The lowest BCUT2D eigenvalue weighted by Gasteiger charge is -2.20. The highest BCUT2D eigenvalue weighted by atomic mass is 32.1. The number of hydrogen-bond acceptors (Lipinski definition) is 5. The Kier molecular flexibility index (Phi) is 3.47. The van der Waals surface area contributed by atoms with Gasteiger partial charge in [-0.25, -0.2) is 4.98 Å². The number of anilines is 1. The summed E-state index contributed by atoms with van der Waals surface area (Å²) in [5, 5.41) is 8.82. The number of amides is 1. The van der Waals surface area contributed by atoms with Gasteiger partial charge in [-0.3, -0.25) is 4.79 Å². The van der Waals surface area contributed by atoms with Crippen LogP contribution in [-0.2, 0) is 9.63 Å². The van der Waals surface area contributed by atoms with E-state index >= 15 is 0 Å². The number of rotatable bonds is 3. The summed E-state index contributed by atoms with van der Waals surface area (Å²) in [6.07, 6.45) is 2.11. The molecule has 1 aliphatic heterocycles. The summed E-state index contributed by atoms with van der Waals surface area (Å²) < 4.78 is 0. The zero-order valence-electron chi connectivity index (χ0n) is 11.8. The molecule has 2 aromatic heterocycles. The third-order valence-corrected chi connectivity index (χ3v) is 4.22. The molecule has 1 aliphatic rings. The lowest BCUT2D eigenvalue weighted by Crippen LogP contribution is -2.40. The smallest absolute Gasteiger partial charge is 0.272 e. The molecular formula is C15H15N3O2S. The van der Waals surface area contributed by atoms with E-state index in [0.29, 0.717) is 12.2 Å². The summed E-state index contributed by atoms with van der Waals surface area (Å²) in [5.41, 5.74) is 0.846. The zero-order chi connectivity index (χ0) is 14.9. The molecule has 1 N–H and O–H groups in total. The largest absolute Gasteiger partial charge is 0.379 e. The lowest BCUT2D eigenvalue weighted by atomic mass is 9.98. The Morgan fingerprint density at radius 2 is 2.33 bits per heavy atom. The number of aryl methyl sites for hydroxylation is 1. The van der Waals surface area contributed by atoms with Crippen LogP contribution in [0.5, 0.6) is 0 Å². The van der Waals surface area contributed by atoms with Gasteiger partial charge in [0.05, 0.1) is 4.88 Å². The Morgan fingerprint density at radius 1 is 1.48 bits per heavy atom. The Labute approximate surface area is 126 Å². The highest BCUT2D eigenvalue weighted by Crippen LogP contribution is 2.29. The molecular weight excluding hydrogens is 286 g/mol. The van der Waals surface area contributed by atoms with Crippen molar-refractivity contribution in [3.8, 4) is 0 Å². The van der Waals surface area contributed by atoms with Crippen molar-refractivity contribution in [1.29, 1.82) is 0 Å². The molecule has 108 valence electrons. The number of carbonyl (C=O) groups excluding carboxylic acids is 1. The van der Waals surface area contributed by atoms with E-state index in [4.69, 9.17) is 4.84 Å². The molecule has 0 saturated heterocycles. The van der Waals surface area contributed by atoms with Crippen molar-refractivity contribution < 1.29 is 9.63 Å². The van der Waals surface area contributed by atoms with Crippen molar-refractivity contribution in [3.63, 3.8) is 0 Å². The summed E-state index contributed by atoms with van der Waals surface area (Å²) >= 11 is 1.58. The molecule has 0 bridgehead atoms. The number of oxime groups is 1. The van der Waals surface area contributed by atoms with Crippen LogP contribution in [0.1, 0.15) is 23.8 Å². The van der Waals surface area contributed by atoms with Crippen molar-refractivity contribution in [2.75, 3.05) is 5.32 Å². The van der Waals surface area contributed by atoms with Crippen LogP contribution in [0.25, 0.3) is 0 Å². The Hall–Kier alpha value is -2.21. The molecule has 3 heterocycles. The highest BCUT2D eigenvalue weighted by Gasteiger charge is 2.42. The first-order valence-electron chi connectivity index (χ1n) is 6.60. The standard InChI is InChI=1S/C15H15N3O2S/c1-10-5-6-16-13(8-10)17-14(19)15(2)9-11(18-20-15)12-4-3-7-21-12/h3-8H,9H2,1-2H3,(H,16,17,19). The van der Waals surface area contributed by atoms with Crippen LogP contribution in [0.3, 0.4) is 0 Å². The van der Waals surface area contributed by atoms with Crippen molar-refractivity contribution in [3.05, 3.63) is 46.3 Å². The molecule has 0 fully saturated rings. The second-order valence-corrected chi connectivity index (χ2v) is 6.13. The minimum Gasteiger partial charge on any atom is -0.379 e. The van der Waals surface area contributed by atoms with E-state index < -0.39 is 5.60 Å². The molecule has 6 heteroatoms. The molecule has 0 radical (unpaired) electrons. The number of pyridine rings is 1. The SMILES string of the molecule is Cc1ccnc(NC(=O)C2(C)CC(c3cccs3)=NO2)c1. The zero-order valence-corrected chi connectivity index (χ0v) is 12.6. The van der Waals surface area contributed by atoms with Gasteiger partial charge in [-0.1, -0.05) is 11.2 Å². The van der Waals surface area contributed by atoms with E-state index in [1.807, 2.05) is 36.6 Å². The molecule has 0 aromatic carbocycles. The minimum atomic E-state index is -0.995. The highest BCUT2D eigenvalue weighted by molar-refractivity contribution is 7.12.